The van der Waals surface area contributed by atoms with Gasteiger partial charge in [0.15, 0.2) is 17.6 Å². The van der Waals surface area contributed by atoms with Crippen molar-refractivity contribution >= 4 is 16.4 Å². The van der Waals surface area contributed by atoms with E-state index in [1.165, 1.54) is 6.07 Å². The number of carbonyl (C=O) groups excluding carboxylic acids is 1. The fourth-order valence-electron chi connectivity index (χ4n) is 1.34. The summed E-state index contributed by atoms with van der Waals surface area (Å²) in [5.74, 6) is -1.81. The number of hydrogen-bond acceptors (Lipinski definition) is 7. The van der Waals surface area contributed by atoms with E-state index in [0.717, 1.165) is 19.2 Å². The van der Waals surface area contributed by atoms with E-state index >= 15 is 0 Å². The van der Waals surface area contributed by atoms with Crippen LogP contribution in [0, 0.1) is 0 Å². The lowest BCUT2D eigenvalue weighted by Gasteiger charge is -2.13. The van der Waals surface area contributed by atoms with E-state index in [1.807, 2.05) is 0 Å². The molecule has 0 aromatic heterocycles. The normalized spacial score (nSPS) is 12.9. The van der Waals surface area contributed by atoms with Gasteiger partial charge >= 0.3 is 16.4 Å². The van der Waals surface area contributed by atoms with E-state index in [0.29, 0.717) is 5.56 Å². The summed E-state index contributed by atoms with van der Waals surface area (Å²) >= 11 is 0. The molecular weight excluding hydrogens is 280 g/mol. The van der Waals surface area contributed by atoms with Crippen molar-refractivity contribution in [2.24, 2.45) is 0 Å². The van der Waals surface area contributed by atoms with Crippen LogP contribution in [0.3, 0.4) is 0 Å². The zero-order valence-corrected chi connectivity index (χ0v) is 10.6. The van der Waals surface area contributed by atoms with Crippen molar-refractivity contribution in [2.45, 2.75) is 12.5 Å². The van der Waals surface area contributed by atoms with Gasteiger partial charge < -0.3 is 14.9 Å². The molecule has 8 nitrogen and oxygen atoms in total. The predicted octanol–water partition coefficient (Wildman–Crippen LogP) is 0.00130. The van der Waals surface area contributed by atoms with Crippen LogP contribution in [-0.4, -0.2) is 42.4 Å². The van der Waals surface area contributed by atoms with Gasteiger partial charge in [-0.25, -0.2) is 8.98 Å². The van der Waals surface area contributed by atoms with Crippen molar-refractivity contribution in [1.29, 1.82) is 0 Å². The molecule has 0 heterocycles. The highest BCUT2D eigenvalue weighted by atomic mass is 32.3. The lowest BCUT2D eigenvalue weighted by molar-refractivity contribution is -0.148. The van der Waals surface area contributed by atoms with Gasteiger partial charge in [-0.2, -0.15) is 8.42 Å². The molecule has 0 spiro atoms. The first kappa shape index (κ1) is 15.2. The van der Waals surface area contributed by atoms with Crippen LogP contribution in [0.2, 0.25) is 0 Å². The van der Waals surface area contributed by atoms with Crippen molar-refractivity contribution in [1.82, 2.24) is 0 Å². The Morgan fingerprint density at radius 2 is 1.95 bits per heavy atom. The van der Waals surface area contributed by atoms with Gasteiger partial charge in [0.2, 0.25) is 0 Å². The highest BCUT2D eigenvalue weighted by Crippen LogP contribution is 2.25. The van der Waals surface area contributed by atoms with Crippen molar-refractivity contribution < 1.29 is 36.9 Å². The second-order valence-electron chi connectivity index (χ2n) is 3.56. The first-order chi connectivity index (χ1) is 8.73. The maximum absolute atomic E-state index is 11.3. The lowest BCUT2D eigenvalue weighted by Crippen LogP contribution is -2.30. The van der Waals surface area contributed by atoms with Gasteiger partial charge in [-0.3, -0.25) is 4.55 Å². The van der Waals surface area contributed by atoms with Crippen molar-refractivity contribution in [3.05, 3.63) is 23.8 Å². The van der Waals surface area contributed by atoms with Gasteiger partial charge in [0.1, 0.15) is 0 Å². The van der Waals surface area contributed by atoms with Crippen LogP contribution < -0.4 is 0 Å². The average Bonchev–Trinajstić information content (AvgIpc) is 2.30. The molecule has 9 heteroatoms. The van der Waals surface area contributed by atoms with E-state index in [2.05, 4.69) is 8.92 Å². The highest BCUT2D eigenvalue weighted by Gasteiger charge is 2.26. The van der Waals surface area contributed by atoms with E-state index in [4.69, 9.17) is 9.66 Å². The summed E-state index contributed by atoms with van der Waals surface area (Å²) in [4.78, 5) is 11.3. The fourth-order valence-corrected chi connectivity index (χ4v) is 1.79. The minimum absolute atomic E-state index is 0.277. The zero-order chi connectivity index (χ0) is 14.6. The molecular formula is C10H12O8S. The monoisotopic (exact) mass is 292 g/mol. The molecule has 0 radical (unpaired) electrons. The molecule has 0 saturated heterocycles. The number of rotatable bonds is 5. The van der Waals surface area contributed by atoms with Gasteiger partial charge in [0.05, 0.1) is 7.11 Å². The Hall–Kier alpha value is -1.84. The third kappa shape index (κ3) is 4.73. The molecule has 0 aliphatic carbocycles. The average molecular weight is 292 g/mol. The van der Waals surface area contributed by atoms with Crippen LogP contribution in [0.1, 0.15) is 5.56 Å². The van der Waals surface area contributed by atoms with E-state index in [9.17, 15) is 18.3 Å². The summed E-state index contributed by atoms with van der Waals surface area (Å²) in [6.07, 6.45) is -1.87. The summed E-state index contributed by atoms with van der Waals surface area (Å²) in [7, 11) is -3.80. The van der Waals surface area contributed by atoms with Gasteiger partial charge in [-0.15, -0.1) is 0 Å². The Kier molecular flexibility index (Phi) is 4.70. The molecule has 0 saturated carbocycles. The van der Waals surface area contributed by atoms with E-state index in [-0.39, 0.29) is 12.2 Å². The van der Waals surface area contributed by atoms with Gasteiger partial charge in [-0.1, -0.05) is 6.07 Å². The molecule has 1 aromatic carbocycles. The maximum Gasteiger partial charge on any atom is 0.398 e. The molecule has 0 bridgehead atoms. The largest absolute Gasteiger partial charge is 0.504 e. The molecule has 0 amide bonds. The van der Waals surface area contributed by atoms with Gasteiger partial charge in [0.25, 0.3) is 0 Å². The number of benzene rings is 1. The molecule has 0 fully saturated rings. The molecule has 0 aliphatic rings. The maximum atomic E-state index is 11.3. The Balaban J connectivity index is 2.94. The number of phenols is 2. The van der Waals surface area contributed by atoms with E-state index in [1.54, 1.807) is 0 Å². The summed E-state index contributed by atoms with van der Waals surface area (Å²) in [5.41, 5.74) is 0.300. The molecule has 0 aliphatic heterocycles. The molecule has 1 atom stereocenters. The number of carbonyl (C=O) groups is 1. The second kappa shape index (κ2) is 5.87. The summed E-state index contributed by atoms with van der Waals surface area (Å²) < 4.78 is 38.3. The molecule has 19 heavy (non-hydrogen) atoms. The summed E-state index contributed by atoms with van der Waals surface area (Å²) in [5, 5.41) is 18.4. The van der Waals surface area contributed by atoms with Gasteiger partial charge in [0, 0.05) is 6.42 Å². The van der Waals surface area contributed by atoms with E-state index < -0.39 is 28.2 Å². The molecule has 106 valence electrons. The first-order valence-corrected chi connectivity index (χ1v) is 6.34. The van der Waals surface area contributed by atoms with Crippen LogP contribution in [0.5, 0.6) is 11.5 Å². The second-order valence-corrected chi connectivity index (χ2v) is 4.61. The molecule has 1 aromatic rings. The quantitative estimate of drug-likeness (QED) is 0.393. The third-order valence-electron chi connectivity index (χ3n) is 2.16. The molecule has 1 rings (SSSR count). The van der Waals surface area contributed by atoms with Crippen LogP contribution in [0.15, 0.2) is 18.2 Å². The Bertz CT molecular complexity index is 565. The number of methoxy groups -OCH3 is 1. The van der Waals surface area contributed by atoms with Crippen molar-refractivity contribution in [3.63, 3.8) is 0 Å². The Morgan fingerprint density at radius 3 is 2.42 bits per heavy atom. The lowest BCUT2D eigenvalue weighted by atomic mass is 10.1. The molecule has 1 unspecified atom stereocenters. The smallest absolute Gasteiger partial charge is 0.398 e. The number of esters is 1. The standard InChI is InChI=1S/C10H12O8S/c1-17-10(13)9(18-19(14,15)16)5-6-2-3-7(11)8(12)4-6/h2-4,9,11-12H,5H2,1H3,(H,14,15,16). The SMILES string of the molecule is COC(=O)C(Cc1ccc(O)c(O)c1)OS(=O)(=O)O. The first-order valence-electron chi connectivity index (χ1n) is 4.97. The summed E-state index contributed by atoms with van der Waals surface area (Å²) in [6.45, 7) is 0. The minimum Gasteiger partial charge on any atom is -0.504 e. The summed E-state index contributed by atoms with van der Waals surface area (Å²) in [6, 6.07) is 3.63. The van der Waals surface area contributed by atoms with Crippen molar-refractivity contribution in [3.8, 4) is 11.5 Å². The third-order valence-corrected chi connectivity index (χ3v) is 2.64. The Labute approximate surface area is 109 Å². The number of aromatic hydroxyl groups is 2. The number of ether oxygens (including phenoxy) is 1. The van der Waals surface area contributed by atoms with Crippen LogP contribution in [-0.2, 0) is 30.5 Å². The van der Waals surface area contributed by atoms with Crippen LogP contribution in [0.25, 0.3) is 0 Å². The molecule has 3 N–H and O–H groups in total. The minimum atomic E-state index is -4.83. The predicted molar refractivity (Wildman–Crippen MR) is 61.9 cm³/mol. The van der Waals surface area contributed by atoms with Crippen molar-refractivity contribution in [2.75, 3.05) is 7.11 Å². The highest BCUT2D eigenvalue weighted by molar-refractivity contribution is 7.80. The number of phenolic OH excluding ortho intramolecular Hbond substituents is 2. The van der Waals surface area contributed by atoms with Crippen LogP contribution in [0.4, 0.5) is 0 Å². The topological polar surface area (TPSA) is 130 Å². The number of hydrogen-bond donors (Lipinski definition) is 3. The Morgan fingerprint density at radius 1 is 1.32 bits per heavy atom. The fraction of sp³-hybridized carbons (Fsp3) is 0.300. The zero-order valence-electron chi connectivity index (χ0n) is 9.81. The van der Waals surface area contributed by atoms with Crippen LogP contribution >= 0.6 is 0 Å². The van der Waals surface area contributed by atoms with Gasteiger partial charge in [-0.05, 0) is 17.7 Å².